The van der Waals surface area contributed by atoms with Crippen LogP contribution in [0.3, 0.4) is 0 Å². The maximum Gasteiger partial charge on any atom is 0.272 e. The van der Waals surface area contributed by atoms with Gasteiger partial charge in [0.25, 0.3) is 6.43 Å². The van der Waals surface area contributed by atoms with E-state index >= 15 is 0 Å². The van der Waals surface area contributed by atoms with Crippen LogP contribution >= 0.6 is 11.6 Å². The van der Waals surface area contributed by atoms with Crippen molar-refractivity contribution in [1.82, 2.24) is 0 Å². The Kier molecular flexibility index (Phi) is 4.29. The van der Waals surface area contributed by atoms with E-state index in [1.165, 1.54) is 25.1 Å². The molecule has 1 aromatic carbocycles. The fourth-order valence-corrected chi connectivity index (χ4v) is 1.31. The number of benzene rings is 1. The highest BCUT2D eigenvalue weighted by atomic mass is 35.5. The van der Waals surface area contributed by atoms with Crippen molar-refractivity contribution in [3.8, 4) is 5.75 Å². The predicted octanol–water partition coefficient (Wildman–Crippen LogP) is 3.04. The molecule has 0 radical (unpaired) electrons. The summed E-state index contributed by atoms with van der Waals surface area (Å²) in [6.07, 6.45) is -3.35. The minimum atomic E-state index is -2.54. The fourth-order valence-electron chi connectivity index (χ4n) is 1.13. The average molecular weight is 237 g/mol. The fraction of sp³-hybridized carbons (Fsp3) is 0.400. The summed E-state index contributed by atoms with van der Waals surface area (Å²) in [5.41, 5.74) is 0.406. The zero-order chi connectivity index (χ0) is 11.4. The summed E-state index contributed by atoms with van der Waals surface area (Å²) in [5.74, 6) is 0.231. The van der Waals surface area contributed by atoms with Gasteiger partial charge in [0.1, 0.15) is 12.4 Å². The lowest BCUT2D eigenvalue weighted by Crippen LogP contribution is -2.09. The molecule has 0 bridgehead atoms. The largest absolute Gasteiger partial charge is 0.487 e. The first-order chi connectivity index (χ1) is 7.00. The highest BCUT2D eigenvalue weighted by Crippen LogP contribution is 2.28. The molecule has 0 aliphatic heterocycles. The van der Waals surface area contributed by atoms with E-state index in [0.717, 1.165) is 0 Å². The Morgan fingerprint density at radius 2 is 2.13 bits per heavy atom. The van der Waals surface area contributed by atoms with Crippen molar-refractivity contribution in [2.75, 3.05) is 6.61 Å². The van der Waals surface area contributed by atoms with E-state index in [0.29, 0.717) is 10.6 Å². The van der Waals surface area contributed by atoms with Crippen molar-refractivity contribution in [3.05, 3.63) is 28.8 Å². The third-order valence-corrected chi connectivity index (χ3v) is 2.02. The molecule has 1 aromatic rings. The SMILES string of the molecule is CC(O)c1cc(Cl)ccc1OCC(F)F. The molecule has 2 nitrogen and oxygen atoms in total. The first-order valence-corrected chi connectivity index (χ1v) is 4.77. The molecular weight excluding hydrogens is 226 g/mol. The molecular formula is C10H11ClF2O2. The van der Waals surface area contributed by atoms with Gasteiger partial charge in [0.15, 0.2) is 0 Å². The number of ether oxygens (including phenoxy) is 1. The summed E-state index contributed by atoms with van der Waals surface area (Å²) < 4.78 is 28.7. The first-order valence-electron chi connectivity index (χ1n) is 4.39. The average Bonchev–Trinajstić information content (AvgIpc) is 2.15. The highest BCUT2D eigenvalue weighted by Gasteiger charge is 2.11. The standard InChI is InChI=1S/C10H11ClF2O2/c1-6(14)8-4-7(11)2-3-9(8)15-5-10(12)13/h2-4,6,10,14H,5H2,1H3. The molecule has 0 aliphatic carbocycles. The van der Waals surface area contributed by atoms with Gasteiger partial charge in [-0.05, 0) is 25.1 Å². The molecule has 0 saturated carbocycles. The molecule has 0 aliphatic rings. The summed E-state index contributed by atoms with van der Waals surface area (Å²) in [6.45, 7) is 0.822. The normalized spacial score (nSPS) is 12.9. The second-order valence-corrected chi connectivity index (χ2v) is 3.50. The molecule has 0 aromatic heterocycles. The summed E-state index contributed by atoms with van der Waals surface area (Å²) in [6, 6.07) is 4.48. The minimum absolute atomic E-state index is 0.231. The zero-order valence-electron chi connectivity index (χ0n) is 8.08. The van der Waals surface area contributed by atoms with E-state index in [-0.39, 0.29) is 5.75 Å². The van der Waals surface area contributed by atoms with E-state index in [4.69, 9.17) is 16.3 Å². The maximum absolute atomic E-state index is 11.9. The maximum atomic E-state index is 11.9. The first kappa shape index (κ1) is 12.2. The van der Waals surface area contributed by atoms with Crippen LogP contribution in [0, 0.1) is 0 Å². The van der Waals surface area contributed by atoms with Crippen LogP contribution in [0.4, 0.5) is 8.78 Å². The number of hydrogen-bond acceptors (Lipinski definition) is 2. The lowest BCUT2D eigenvalue weighted by Gasteiger charge is -2.13. The number of rotatable bonds is 4. The second kappa shape index (κ2) is 5.28. The molecule has 84 valence electrons. The van der Waals surface area contributed by atoms with Gasteiger partial charge < -0.3 is 9.84 Å². The predicted molar refractivity (Wildman–Crippen MR) is 53.6 cm³/mol. The van der Waals surface area contributed by atoms with Crippen LogP contribution in [0.15, 0.2) is 18.2 Å². The van der Waals surface area contributed by atoms with Crippen LogP contribution in [0.5, 0.6) is 5.75 Å². The second-order valence-electron chi connectivity index (χ2n) is 3.06. The van der Waals surface area contributed by atoms with Crippen LogP contribution in [0.25, 0.3) is 0 Å². The minimum Gasteiger partial charge on any atom is -0.487 e. The Hall–Kier alpha value is -0.870. The number of aliphatic hydroxyl groups excluding tert-OH is 1. The Morgan fingerprint density at radius 1 is 1.47 bits per heavy atom. The Morgan fingerprint density at radius 3 is 2.67 bits per heavy atom. The molecule has 0 amide bonds. The molecule has 1 atom stereocenters. The summed E-state index contributed by atoms with van der Waals surface area (Å²) in [5, 5.41) is 9.79. The van der Waals surface area contributed by atoms with Gasteiger partial charge in [-0.1, -0.05) is 11.6 Å². The van der Waals surface area contributed by atoms with Gasteiger partial charge in [-0.3, -0.25) is 0 Å². The molecule has 1 rings (SSSR count). The smallest absolute Gasteiger partial charge is 0.272 e. The monoisotopic (exact) mass is 236 g/mol. The van der Waals surface area contributed by atoms with Crippen LogP contribution in [-0.2, 0) is 0 Å². The number of alkyl halides is 2. The summed E-state index contributed by atoms with van der Waals surface area (Å²) in [4.78, 5) is 0. The summed E-state index contributed by atoms with van der Waals surface area (Å²) >= 11 is 5.71. The van der Waals surface area contributed by atoms with Gasteiger partial charge in [0.05, 0.1) is 6.10 Å². The van der Waals surface area contributed by atoms with Gasteiger partial charge in [0, 0.05) is 10.6 Å². The highest BCUT2D eigenvalue weighted by molar-refractivity contribution is 6.30. The van der Waals surface area contributed by atoms with Gasteiger partial charge >= 0.3 is 0 Å². The van der Waals surface area contributed by atoms with Crippen molar-refractivity contribution in [2.24, 2.45) is 0 Å². The quantitative estimate of drug-likeness (QED) is 0.871. The van der Waals surface area contributed by atoms with Gasteiger partial charge in [-0.15, -0.1) is 0 Å². The van der Waals surface area contributed by atoms with Crippen LogP contribution < -0.4 is 4.74 Å². The Bertz CT molecular complexity index is 329. The van der Waals surface area contributed by atoms with Crippen LogP contribution in [0.2, 0.25) is 5.02 Å². The molecule has 0 fully saturated rings. The van der Waals surface area contributed by atoms with Gasteiger partial charge in [0.2, 0.25) is 0 Å². The molecule has 15 heavy (non-hydrogen) atoms. The third kappa shape index (κ3) is 3.64. The molecule has 1 N–H and O–H groups in total. The molecule has 0 spiro atoms. The van der Waals surface area contributed by atoms with E-state index in [9.17, 15) is 13.9 Å². The molecule has 1 unspecified atom stereocenters. The topological polar surface area (TPSA) is 29.5 Å². The lowest BCUT2D eigenvalue weighted by molar-refractivity contribution is 0.0794. The number of halogens is 3. The van der Waals surface area contributed by atoms with Gasteiger partial charge in [-0.2, -0.15) is 0 Å². The number of aliphatic hydroxyl groups is 1. The molecule has 0 heterocycles. The van der Waals surface area contributed by atoms with Crippen molar-refractivity contribution < 1.29 is 18.6 Å². The molecule has 5 heteroatoms. The van der Waals surface area contributed by atoms with Crippen LogP contribution in [0.1, 0.15) is 18.6 Å². The Labute approximate surface area is 91.4 Å². The Balaban J connectivity index is 2.86. The lowest BCUT2D eigenvalue weighted by atomic mass is 10.1. The van der Waals surface area contributed by atoms with Crippen molar-refractivity contribution >= 4 is 11.6 Å². The third-order valence-electron chi connectivity index (χ3n) is 1.79. The van der Waals surface area contributed by atoms with E-state index in [1.807, 2.05) is 0 Å². The zero-order valence-corrected chi connectivity index (χ0v) is 8.84. The van der Waals surface area contributed by atoms with E-state index in [1.54, 1.807) is 0 Å². The van der Waals surface area contributed by atoms with E-state index in [2.05, 4.69) is 0 Å². The van der Waals surface area contributed by atoms with Crippen molar-refractivity contribution in [2.45, 2.75) is 19.5 Å². The van der Waals surface area contributed by atoms with Crippen LogP contribution in [-0.4, -0.2) is 18.1 Å². The van der Waals surface area contributed by atoms with E-state index < -0.39 is 19.1 Å². The molecule has 0 saturated heterocycles. The van der Waals surface area contributed by atoms with Crippen molar-refractivity contribution in [3.63, 3.8) is 0 Å². The van der Waals surface area contributed by atoms with Gasteiger partial charge in [-0.25, -0.2) is 8.78 Å². The van der Waals surface area contributed by atoms with Crippen molar-refractivity contribution in [1.29, 1.82) is 0 Å². The summed E-state index contributed by atoms with van der Waals surface area (Å²) in [7, 11) is 0. The number of hydrogen-bond donors (Lipinski definition) is 1.